The number of nitrogens with zero attached hydrogens (tertiary/aromatic N) is 1. The third-order valence-corrected chi connectivity index (χ3v) is 3.43. The van der Waals surface area contributed by atoms with Gasteiger partial charge in [-0.1, -0.05) is 30.3 Å². The van der Waals surface area contributed by atoms with E-state index in [2.05, 4.69) is 0 Å². The van der Waals surface area contributed by atoms with Crippen LogP contribution in [-0.4, -0.2) is 35.7 Å². The van der Waals surface area contributed by atoms with E-state index in [0.717, 1.165) is 5.56 Å². The molecule has 1 aliphatic rings. The molecule has 5 nitrogen and oxygen atoms in total. The van der Waals surface area contributed by atoms with E-state index in [0.29, 0.717) is 6.54 Å². The molecule has 0 saturated carbocycles. The molecule has 0 unspecified atom stereocenters. The molecule has 0 N–H and O–H groups in total. The van der Waals surface area contributed by atoms with E-state index in [9.17, 15) is 14.4 Å². The second-order valence-corrected chi connectivity index (χ2v) is 5.03. The molecule has 1 atom stereocenters. The maximum atomic E-state index is 12.1. The molecular weight excluding hydrogens is 258 g/mol. The van der Waals surface area contributed by atoms with Crippen molar-refractivity contribution >= 4 is 17.7 Å². The second-order valence-electron chi connectivity index (χ2n) is 5.03. The van der Waals surface area contributed by atoms with E-state index in [-0.39, 0.29) is 13.2 Å². The highest BCUT2D eigenvalue weighted by Gasteiger charge is 2.54. The van der Waals surface area contributed by atoms with Crippen LogP contribution >= 0.6 is 0 Å². The van der Waals surface area contributed by atoms with Crippen LogP contribution in [0.1, 0.15) is 19.4 Å². The van der Waals surface area contributed by atoms with Crippen LogP contribution in [0.15, 0.2) is 30.3 Å². The van der Waals surface area contributed by atoms with Gasteiger partial charge in [-0.15, -0.1) is 0 Å². The lowest BCUT2D eigenvalue weighted by Gasteiger charge is -2.20. The number of carbonyl (C=O) groups is 3. The maximum absolute atomic E-state index is 12.1. The normalized spacial score (nSPS) is 22.2. The van der Waals surface area contributed by atoms with Crippen LogP contribution in [0.3, 0.4) is 0 Å². The third-order valence-electron chi connectivity index (χ3n) is 3.43. The predicted molar refractivity (Wildman–Crippen MR) is 71.6 cm³/mol. The Morgan fingerprint density at radius 2 is 1.95 bits per heavy atom. The third kappa shape index (κ3) is 2.43. The van der Waals surface area contributed by atoms with Crippen LogP contribution in [0.5, 0.6) is 0 Å². The molecule has 0 spiro atoms. The van der Waals surface area contributed by atoms with Gasteiger partial charge in [0.25, 0.3) is 5.91 Å². The Morgan fingerprint density at radius 3 is 2.55 bits per heavy atom. The highest BCUT2D eigenvalue weighted by molar-refractivity contribution is 6.43. The van der Waals surface area contributed by atoms with Gasteiger partial charge in [-0.25, -0.2) is 0 Å². The number of hydrogen-bond donors (Lipinski definition) is 0. The second kappa shape index (κ2) is 5.45. The summed E-state index contributed by atoms with van der Waals surface area (Å²) in [4.78, 5) is 37.4. The number of esters is 1. The summed E-state index contributed by atoms with van der Waals surface area (Å²) in [6.45, 7) is 3.72. The summed E-state index contributed by atoms with van der Waals surface area (Å²) >= 11 is 0. The number of likely N-dealkylation sites (tertiary alicyclic amines) is 1. The Kier molecular flexibility index (Phi) is 3.88. The highest BCUT2D eigenvalue weighted by Crippen LogP contribution is 2.30. The largest absolute Gasteiger partial charge is 0.465 e. The standard InChI is InChI=1S/C15H17NO4/c1-3-20-14(19)15(2)10-16(13(18)12(15)17)9-11-7-5-4-6-8-11/h4-8H,3,9-10H2,1-2H3/t15-/m0/s1. The SMILES string of the molecule is CCOC(=O)[C@@]1(C)CN(Cc2ccccc2)C(=O)C1=O. The van der Waals surface area contributed by atoms with Crippen molar-refractivity contribution in [2.45, 2.75) is 20.4 Å². The summed E-state index contributed by atoms with van der Waals surface area (Å²) in [5, 5.41) is 0. The van der Waals surface area contributed by atoms with E-state index in [4.69, 9.17) is 4.74 Å². The number of hydrogen-bond acceptors (Lipinski definition) is 4. The van der Waals surface area contributed by atoms with Crippen LogP contribution in [0.25, 0.3) is 0 Å². The summed E-state index contributed by atoms with van der Waals surface area (Å²) in [5.74, 6) is -1.94. The van der Waals surface area contributed by atoms with E-state index in [1.165, 1.54) is 11.8 Å². The smallest absolute Gasteiger partial charge is 0.321 e. The lowest BCUT2D eigenvalue weighted by molar-refractivity contribution is -0.158. The van der Waals surface area contributed by atoms with Crippen LogP contribution < -0.4 is 0 Å². The van der Waals surface area contributed by atoms with Crippen molar-refractivity contribution in [1.82, 2.24) is 4.90 Å². The van der Waals surface area contributed by atoms with Crippen molar-refractivity contribution < 1.29 is 19.1 Å². The lowest BCUT2D eigenvalue weighted by atomic mass is 9.88. The van der Waals surface area contributed by atoms with Crippen molar-refractivity contribution in [3.05, 3.63) is 35.9 Å². The Labute approximate surface area is 117 Å². The summed E-state index contributed by atoms with van der Waals surface area (Å²) in [6, 6.07) is 9.35. The quantitative estimate of drug-likeness (QED) is 0.470. The van der Waals surface area contributed by atoms with Crippen molar-refractivity contribution in [2.75, 3.05) is 13.2 Å². The number of rotatable bonds is 4. The van der Waals surface area contributed by atoms with Crippen LogP contribution in [0, 0.1) is 5.41 Å². The van der Waals surface area contributed by atoms with Gasteiger partial charge in [0.05, 0.1) is 6.61 Å². The van der Waals surface area contributed by atoms with Crippen molar-refractivity contribution in [1.29, 1.82) is 0 Å². The monoisotopic (exact) mass is 275 g/mol. The Bertz CT molecular complexity index is 540. The molecule has 1 amide bonds. The molecule has 1 saturated heterocycles. The van der Waals surface area contributed by atoms with E-state index in [1.54, 1.807) is 6.92 Å². The molecule has 1 aromatic rings. The molecule has 0 aliphatic carbocycles. The van der Waals surface area contributed by atoms with Gasteiger partial charge < -0.3 is 9.64 Å². The Morgan fingerprint density at radius 1 is 1.30 bits per heavy atom. The predicted octanol–water partition coefficient (Wildman–Crippen LogP) is 1.17. The average Bonchev–Trinajstić information content (AvgIpc) is 2.66. The van der Waals surface area contributed by atoms with E-state index >= 15 is 0 Å². The molecule has 106 valence electrons. The zero-order valence-corrected chi connectivity index (χ0v) is 11.6. The van der Waals surface area contributed by atoms with Crippen molar-refractivity contribution in [2.24, 2.45) is 5.41 Å². The average molecular weight is 275 g/mol. The van der Waals surface area contributed by atoms with Gasteiger partial charge in [0, 0.05) is 13.1 Å². The van der Waals surface area contributed by atoms with Crippen molar-refractivity contribution in [3.63, 3.8) is 0 Å². The minimum absolute atomic E-state index is 0.0679. The molecular formula is C15H17NO4. The van der Waals surface area contributed by atoms with Gasteiger partial charge in [0.2, 0.25) is 5.78 Å². The zero-order valence-electron chi connectivity index (χ0n) is 11.6. The summed E-state index contributed by atoms with van der Waals surface area (Å²) in [6.07, 6.45) is 0. The molecule has 1 aliphatic heterocycles. The Balaban J connectivity index is 2.17. The van der Waals surface area contributed by atoms with E-state index in [1.807, 2.05) is 30.3 Å². The lowest BCUT2D eigenvalue weighted by Crippen LogP contribution is -2.38. The Hall–Kier alpha value is -2.17. The van der Waals surface area contributed by atoms with Gasteiger partial charge >= 0.3 is 5.97 Å². The minimum Gasteiger partial charge on any atom is -0.465 e. The number of carbonyl (C=O) groups excluding carboxylic acids is 3. The van der Waals surface area contributed by atoms with Crippen molar-refractivity contribution in [3.8, 4) is 0 Å². The van der Waals surface area contributed by atoms with Crippen LogP contribution in [-0.2, 0) is 25.7 Å². The maximum Gasteiger partial charge on any atom is 0.321 e. The summed E-state index contributed by atoms with van der Waals surface area (Å²) < 4.78 is 4.91. The first-order chi connectivity index (χ1) is 9.49. The molecule has 0 bridgehead atoms. The molecule has 1 aromatic carbocycles. The summed E-state index contributed by atoms with van der Waals surface area (Å²) in [7, 11) is 0. The first-order valence-corrected chi connectivity index (χ1v) is 6.54. The molecule has 20 heavy (non-hydrogen) atoms. The summed E-state index contributed by atoms with van der Waals surface area (Å²) in [5.41, 5.74) is -0.469. The van der Waals surface area contributed by atoms with Gasteiger partial charge in [-0.3, -0.25) is 14.4 Å². The molecule has 5 heteroatoms. The van der Waals surface area contributed by atoms with Gasteiger partial charge in [0.15, 0.2) is 5.41 Å². The topological polar surface area (TPSA) is 63.7 Å². The fourth-order valence-electron chi connectivity index (χ4n) is 2.28. The number of ether oxygens (including phenoxy) is 1. The van der Waals surface area contributed by atoms with Crippen LogP contribution in [0.2, 0.25) is 0 Å². The minimum atomic E-state index is -1.39. The fourth-order valence-corrected chi connectivity index (χ4v) is 2.28. The number of Topliss-reactive ketones (excluding diaryl/α,β-unsaturated/α-hetero) is 1. The molecule has 0 aromatic heterocycles. The van der Waals surface area contributed by atoms with Crippen LogP contribution in [0.4, 0.5) is 0 Å². The molecule has 1 heterocycles. The first kappa shape index (κ1) is 14.2. The molecule has 0 radical (unpaired) electrons. The number of benzene rings is 1. The molecule has 2 rings (SSSR count). The highest BCUT2D eigenvalue weighted by atomic mass is 16.5. The molecule has 1 fully saturated rings. The number of amides is 1. The van der Waals surface area contributed by atoms with Gasteiger partial charge in [-0.2, -0.15) is 0 Å². The zero-order chi connectivity index (χ0) is 14.8. The number of ketones is 1. The fraction of sp³-hybridized carbons (Fsp3) is 0.400. The first-order valence-electron chi connectivity index (χ1n) is 6.54. The van der Waals surface area contributed by atoms with E-state index < -0.39 is 23.1 Å². The van der Waals surface area contributed by atoms with Gasteiger partial charge in [-0.05, 0) is 19.4 Å². The van der Waals surface area contributed by atoms with Gasteiger partial charge in [0.1, 0.15) is 0 Å².